The van der Waals surface area contributed by atoms with Crippen molar-refractivity contribution in [2.75, 3.05) is 5.73 Å². The highest BCUT2D eigenvalue weighted by Gasteiger charge is 2.12. The molecule has 0 saturated heterocycles. The Morgan fingerprint density at radius 3 is 2.33 bits per heavy atom. The monoisotopic (exact) mass is 244 g/mol. The summed E-state index contributed by atoms with van der Waals surface area (Å²) in [5.74, 6) is 1.01. The van der Waals surface area contributed by atoms with Gasteiger partial charge in [0.25, 0.3) is 5.69 Å². The number of nitrogens with two attached hydrogens (primary N) is 1. The molecule has 0 atom stereocenters. The molecule has 5 nitrogen and oxygen atoms in total. The Labute approximate surface area is 104 Å². The summed E-state index contributed by atoms with van der Waals surface area (Å²) in [6.45, 7) is 1.97. The fraction of sp³-hybridized carbons (Fsp3) is 0.0769. The predicted octanol–water partition coefficient (Wildman–Crippen LogP) is 3.28. The van der Waals surface area contributed by atoms with Crippen LogP contribution in [0.3, 0.4) is 0 Å². The lowest BCUT2D eigenvalue weighted by molar-refractivity contribution is -0.384. The lowest BCUT2D eigenvalue weighted by Crippen LogP contribution is -1.96. The Hall–Kier alpha value is -2.56. The lowest BCUT2D eigenvalue weighted by atomic mass is 10.2. The van der Waals surface area contributed by atoms with Crippen LogP contribution in [0.25, 0.3) is 0 Å². The number of benzene rings is 2. The lowest BCUT2D eigenvalue weighted by Gasteiger charge is -2.06. The van der Waals surface area contributed by atoms with E-state index < -0.39 is 4.92 Å². The van der Waals surface area contributed by atoms with E-state index in [4.69, 9.17) is 10.5 Å². The van der Waals surface area contributed by atoms with Gasteiger partial charge in [-0.05, 0) is 31.2 Å². The number of rotatable bonds is 3. The van der Waals surface area contributed by atoms with Gasteiger partial charge in [0.05, 0.1) is 11.0 Å². The Balaban J connectivity index is 2.27. The molecule has 0 amide bonds. The van der Waals surface area contributed by atoms with E-state index in [0.717, 1.165) is 5.56 Å². The van der Waals surface area contributed by atoms with Gasteiger partial charge in [0, 0.05) is 0 Å². The van der Waals surface area contributed by atoms with Crippen LogP contribution in [0.5, 0.6) is 11.5 Å². The van der Waals surface area contributed by atoms with Crippen molar-refractivity contribution in [3.63, 3.8) is 0 Å². The molecule has 2 aromatic carbocycles. The molecule has 0 heterocycles. The number of aryl methyl sites for hydroxylation is 1. The molecule has 2 N–H and O–H groups in total. The van der Waals surface area contributed by atoms with Crippen molar-refractivity contribution in [2.45, 2.75) is 6.92 Å². The molecule has 92 valence electrons. The van der Waals surface area contributed by atoms with Crippen LogP contribution in [0.1, 0.15) is 5.56 Å². The van der Waals surface area contributed by atoms with Gasteiger partial charge in [-0.15, -0.1) is 0 Å². The van der Waals surface area contributed by atoms with Crippen LogP contribution in [0.2, 0.25) is 0 Å². The number of nitrogen functional groups attached to an aromatic ring is 1. The van der Waals surface area contributed by atoms with Crippen molar-refractivity contribution < 1.29 is 9.66 Å². The van der Waals surface area contributed by atoms with Crippen LogP contribution in [0.15, 0.2) is 42.5 Å². The smallest absolute Gasteiger partial charge is 0.295 e. The second-order valence-electron chi connectivity index (χ2n) is 3.89. The van der Waals surface area contributed by atoms with Crippen LogP contribution >= 0.6 is 0 Å². The maximum absolute atomic E-state index is 10.7. The first kappa shape index (κ1) is 11.9. The van der Waals surface area contributed by atoms with Crippen molar-refractivity contribution in [1.82, 2.24) is 0 Å². The van der Waals surface area contributed by atoms with Crippen molar-refractivity contribution in [2.24, 2.45) is 0 Å². The van der Waals surface area contributed by atoms with Gasteiger partial charge >= 0.3 is 0 Å². The second kappa shape index (κ2) is 4.75. The highest BCUT2D eigenvalue weighted by atomic mass is 16.6. The van der Waals surface area contributed by atoms with Gasteiger partial charge in [-0.1, -0.05) is 17.7 Å². The van der Waals surface area contributed by atoms with Crippen molar-refractivity contribution in [3.8, 4) is 11.5 Å². The van der Waals surface area contributed by atoms with E-state index in [9.17, 15) is 10.1 Å². The highest BCUT2D eigenvalue weighted by molar-refractivity contribution is 5.60. The van der Waals surface area contributed by atoms with Crippen molar-refractivity contribution >= 4 is 11.4 Å². The summed E-state index contributed by atoms with van der Waals surface area (Å²) in [5.41, 5.74) is 6.59. The summed E-state index contributed by atoms with van der Waals surface area (Å²) in [7, 11) is 0. The fourth-order valence-electron chi connectivity index (χ4n) is 1.49. The maximum Gasteiger partial charge on any atom is 0.295 e. The zero-order chi connectivity index (χ0) is 13.1. The molecule has 0 aliphatic heterocycles. The molecule has 2 aromatic rings. The Kier molecular flexibility index (Phi) is 3.14. The third-order valence-electron chi connectivity index (χ3n) is 2.46. The molecular formula is C13H12N2O3. The van der Waals surface area contributed by atoms with Crippen molar-refractivity contribution in [3.05, 3.63) is 58.1 Å². The Morgan fingerprint density at radius 2 is 1.72 bits per heavy atom. The van der Waals surface area contributed by atoms with Gasteiger partial charge in [0.15, 0.2) is 0 Å². The quantitative estimate of drug-likeness (QED) is 0.510. The Bertz CT molecular complexity index is 579. The Morgan fingerprint density at radius 1 is 1.11 bits per heavy atom. The molecule has 0 saturated carbocycles. The molecule has 0 aliphatic carbocycles. The average Bonchev–Trinajstić information content (AvgIpc) is 2.34. The van der Waals surface area contributed by atoms with Gasteiger partial charge in [-0.2, -0.15) is 0 Å². The third kappa shape index (κ3) is 2.57. The number of nitrogens with zero attached hydrogens (tertiary/aromatic N) is 1. The molecule has 0 aromatic heterocycles. The van der Waals surface area contributed by atoms with Crippen LogP contribution in [0.4, 0.5) is 11.4 Å². The molecule has 0 radical (unpaired) electrons. The molecule has 0 fully saturated rings. The van der Waals surface area contributed by atoms with E-state index in [2.05, 4.69) is 0 Å². The van der Waals surface area contributed by atoms with E-state index in [0.29, 0.717) is 11.5 Å². The van der Waals surface area contributed by atoms with Gasteiger partial charge in [-0.3, -0.25) is 10.1 Å². The molecule has 5 heteroatoms. The van der Waals surface area contributed by atoms with E-state index in [1.807, 2.05) is 19.1 Å². The predicted molar refractivity (Wildman–Crippen MR) is 68.8 cm³/mol. The first-order valence-corrected chi connectivity index (χ1v) is 5.35. The molecule has 0 spiro atoms. The number of anilines is 1. The minimum atomic E-state index is -0.530. The van der Waals surface area contributed by atoms with Gasteiger partial charge in [0.1, 0.15) is 17.2 Å². The van der Waals surface area contributed by atoms with E-state index >= 15 is 0 Å². The molecular weight excluding hydrogens is 232 g/mol. The average molecular weight is 244 g/mol. The van der Waals surface area contributed by atoms with Crippen LogP contribution in [-0.4, -0.2) is 4.92 Å². The number of hydrogen-bond acceptors (Lipinski definition) is 4. The highest BCUT2D eigenvalue weighted by Crippen LogP contribution is 2.29. The number of nitro groups is 1. The van der Waals surface area contributed by atoms with E-state index in [-0.39, 0.29) is 11.4 Å². The number of ether oxygens (including phenoxy) is 1. The summed E-state index contributed by atoms with van der Waals surface area (Å²) in [6.07, 6.45) is 0. The zero-order valence-corrected chi connectivity index (χ0v) is 9.79. The van der Waals surface area contributed by atoms with Crippen molar-refractivity contribution in [1.29, 1.82) is 0 Å². The van der Waals surface area contributed by atoms with Crippen LogP contribution < -0.4 is 10.5 Å². The largest absolute Gasteiger partial charge is 0.457 e. The van der Waals surface area contributed by atoms with Gasteiger partial charge in [-0.25, -0.2) is 0 Å². The minimum absolute atomic E-state index is 0.122. The van der Waals surface area contributed by atoms with E-state index in [1.165, 1.54) is 12.1 Å². The SMILES string of the molecule is Cc1ccc(Oc2ccc(N)c([N+](=O)[O-])c2)cc1. The van der Waals surface area contributed by atoms with Gasteiger partial charge < -0.3 is 10.5 Å². The summed E-state index contributed by atoms with van der Waals surface area (Å²) < 4.78 is 5.52. The number of nitro benzene ring substituents is 1. The molecule has 0 bridgehead atoms. The maximum atomic E-state index is 10.7. The first-order chi connectivity index (χ1) is 8.56. The molecule has 18 heavy (non-hydrogen) atoms. The first-order valence-electron chi connectivity index (χ1n) is 5.35. The standard InChI is InChI=1S/C13H12N2O3/c1-9-2-4-10(5-3-9)18-11-6-7-12(14)13(8-11)15(16)17/h2-8H,14H2,1H3. The zero-order valence-electron chi connectivity index (χ0n) is 9.79. The number of hydrogen-bond donors (Lipinski definition) is 1. The summed E-state index contributed by atoms with van der Waals surface area (Å²) in [5, 5.41) is 10.7. The molecule has 0 aliphatic rings. The van der Waals surface area contributed by atoms with Crippen LogP contribution in [-0.2, 0) is 0 Å². The second-order valence-corrected chi connectivity index (χ2v) is 3.89. The van der Waals surface area contributed by atoms with Gasteiger partial charge in [0.2, 0.25) is 0 Å². The van der Waals surface area contributed by atoms with E-state index in [1.54, 1.807) is 18.2 Å². The van der Waals surface area contributed by atoms with Crippen LogP contribution in [0, 0.1) is 17.0 Å². The third-order valence-corrected chi connectivity index (χ3v) is 2.46. The fourth-order valence-corrected chi connectivity index (χ4v) is 1.49. The topological polar surface area (TPSA) is 78.4 Å². The minimum Gasteiger partial charge on any atom is -0.457 e. The normalized spacial score (nSPS) is 10.1. The summed E-state index contributed by atoms with van der Waals surface area (Å²) in [4.78, 5) is 10.2. The molecule has 2 rings (SSSR count). The summed E-state index contributed by atoms with van der Waals surface area (Å²) >= 11 is 0. The summed E-state index contributed by atoms with van der Waals surface area (Å²) in [6, 6.07) is 11.8. The molecule has 0 unspecified atom stereocenters.